The van der Waals surface area contributed by atoms with Crippen LogP contribution in [-0.4, -0.2) is 38.3 Å². The van der Waals surface area contributed by atoms with Gasteiger partial charge < -0.3 is 9.47 Å². The third kappa shape index (κ3) is 7.74. The van der Waals surface area contributed by atoms with Gasteiger partial charge in [0.05, 0.1) is 7.11 Å². The minimum atomic E-state index is -0.612. The van der Waals surface area contributed by atoms with E-state index in [1.165, 1.54) is 44.2 Å². The number of unbranched alkanes of at least 4 members (excludes halogenated alkanes) is 1. The predicted molar refractivity (Wildman–Crippen MR) is 167 cm³/mol. The second kappa shape index (κ2) is 14.8. The molecule has 5 rings (SSSR count). The molecule has 0 atom stereocenters. The summed E-state index contributed by atoms with van der Waals surface area (Å²) >= 11 is 0. The predicted octanol–water partition coefficient (Wildman–Crippen LogP) is 9.53. The fraction of sp³-hybridized carbons (Fsp3) is 0.333. The van der Waals surface area contributed by atoms with Gasteiger partial charge >= 0.3 is 0 Å². The molecule has 4 aromatic rings. The van der Waals surface area contributed by atoms with E-state index in [2.05, 4.69) is 25.3 Å². The van der Waals surface area contributed by atoms with Crippen molar-refractivity contribution >= 4 is 16.3 Å². The fourth-order valence-corrected chi connectivity index (χ4v) is 5.06. The van der Waals surface area contributed by atoms with Crippen LogP contribution in [0.25, 0.3) is 27.5 Å². The van der Waals surface area contributed by atoms with E-state index in [0.29, 0.717) is 17.7 Å². The van der Waals surface area contributed by atoms with Crippen LogP contribution in [0, 0.1) is 11.6 Å². The molecule has 41 heavy (non-hydrogen) atoms. The lowest BCUT2D eigenvalue weighted by Crippen LogP contribution is -2.33. The van der Waals surface area contributed by atoms with Gasteiger partial charge in [-0.05, 0) is 95.4 Å². The lowest BCUT2D eigenvalue weighted by atomic mass is 9.87. The van der Waals surface area contributed by atoms with E-state index >= 15 is 0 Å². The number of nitrogens with zero attached hydrogens (tertiary/aromatic N) is 1. The molecule has 4 aromatic carbocycles. The minimum absolute atomic E-state index is 0.327. The van der Waals surface area contributed by atoms with Gasteiger partial charge in [0.2, 0.25) is 0 Å². The molecule has 0 saturated carbocycles. The van der Waals surface area contributed by atoms with Crippen molar-refractivity contribution in [2.45, 2.75) is 46.0 Å². The first-order chi connectivity index (χ1) is 19.9. The van der Waals surface area contributed by atoms with Crippen molar-refractivity contribution in [3.8, 4) is 22.6 Å². The molecule has 0 spiro atoms. The van der Waals surface area contributed by atoms with Crippen molar-refractivity contribution in [1.82, 2.24) is 4.90 Å². The van der Waals surface area contributed by atoms with Gasteiger partial charge in [0.25, 0.3) is 0 Å². The van der Waals surface area contributed by atoms with E-state index in [1.54, 1.807) is 7.11 Å². The van der Waals surface area contributed by atoms with Crippen LogP contribution in [0.5, 0.6) is 11.5 Å². The Kier molecular flexibility index (Phi) is 10.9. The van der Waals surface area contributed by atoms with Gasteiger partial charge in [-0.2, -0.15) is 0 Å². The number of fused-ring (bicyclic) bond motifs is 1. The fourth-order valence-electron chi connectivity index (χ4n) is 5.06. The molecule has 1 heterocycles. The Hall–Kier alpha value is -3.70. The molecule has 1 fully saturated rings. The van der Waals surface area contributed by atoms with E-state index in [-0.39, 0.29) is 0 Å². The third-order valence-corrected chi connectivity index (χ3v) is 7.58. The van der Waals surface area contributed by atoms with Gasteiger partial charge in [-0.3, -0.25) is 4.90 Å². The molecule has 216 valence electrons. The van der Waals surface area contributed by atoms with Crippen molar-refractivity contribution in [2.75, 3.05) is 33.4 Å². The number of rotatable bonds is 9. The molecule has 0 bridgehead atoms. The van der Waals surface area contributed by atoms with E-state index in [0.717, 1.165) is 64.7 Å². The topological polar surface area (TPSA) is 21.7 Å². The highest BCUT2D eigenvalue weighted by atomic mass is 19.1. The number of piperidine rings is 1. The Morgan fingerprint density at radius 1 is 0.805 bits per heavy atom. The summed E-state index contributed by atoms with van der Waals surface area (Å²) in [4.78, 5) is 2.45. The average Bonchev–Trinajstić information content (AvgIpc) is 3.01. The molecule has 1 saturated heterocycles. The monoisotopic (exact) mass is 557 g/mol. The maximum absolute atomic E-state index is 14.9. The Bertz CT molecular complexity index is 1440. The molecule has 3 nitrogen and oxygen atoms in total. The Morgan fingerprint density at radius 3 is 2.15 bits per heavy atom. The molecule has 0 amide bonds. The van der Waals surface area contributed by atoms with Crippen LogP contribution < -0.4 is 9.47 Å². The summed E-state index contributed by atoms with van der Waals surface area (Å²) < 4.78 is 40.0. The van der Waals surface area contributed by atoms with Crippen LogP contribution in [0.4, 0.5) is 8.78 Å². The molecule has 0 unspecified atom stereocenters. The molecule has 0 aromatic heterocycles. The number of likely N-dealkylation sites (tertiary alicyclic amines) is 1. The zero-order chi connectivity index (χ0) is 29.2. The first kappa shape index (κ1) is 30.3. The van der Waals surface area contributed by atoms with Crippen LogP contribution in [0.3, 0.4) is 0 Å². The number of hydrogen-bond donors (Lipinski definition) is 0. The summed E-state index contributed by atoms with van der Waals surface area (Å²) in [7, 11) is 1.62. The first-order valence-electron chi connectivity index (χ1n) is 14.7. The second-order valence-corrected chi connectivity index (χ2v) is 10.5. The summed E-state index contributed by atoms with van der Waals surface area (Å²) in [5.41, 5.74) is 3.42. The smallest absolute Gasteiger partial charge is 0.133 e. The molecule has 0 aliphatic carbocycles. The summed E-state index contributed by atoms with van der Waals surface area (Å²) in [6.45, 7) is 12.6. The number of methoxy groups -OCH3 is 1. The quantitative estimate of drug-likeness (QED) is 0.205. The lowest BCUT2D eigenvalue weighted by molar-refractivity contribution is 0.183. The number of ether oxygens (including phenoxy) is 2. The van der Waals surface area contributed by atoms with E-state index in [9.17, 15) is 8.78 Å². The molecular weight excluding hydrogens is 516 g/mol. The second-order valence-electron chi connectivity index (χ2n) is 10.5. The molecule has 1 aliphatic heterocycles. The highest BCUT2D eigenvalue weighted by Crippen LogP contribution is 2.39. The van der Waals surface area contributed by atoms with Gasteiger partial charge in [0.15, 0.2) is 0 Å². The van der Waals surface area contributed by atoms with Crippen molar-refractivity contribution in [1.29, 1.82) is 0 Å². The molecule has 5 heteroatoms. The molecule has 1 aliphatic rings. The summed E-state index contributed by atoms with van der Waals surface area (Å²) in [6, 6.07) is 21.1. The highest BCUT2D eigenvalue weighted by Gasteiger charge is 2.18. The Morgan fingerprint density at radius 2 is 1.49 bits per heavy atom. The summed E-state index contributed by atoms with van der Waals surface area (Å²) in [6.07, 6.45) is 6.49. The minimum Gasteiger partial charge on any atom is -0.497 e. The maximum atomic E-state index is 14.9. The molecule has 0 radical (unpaired) electrons. The van der Waals surface area contributed by atoms with E-state index in [4.69, 9.17) is 9.47 Å². The number of halogens is 2. The largest absolute Gasteiger partial charge is 0.497 e. The first-order valence-corrected chi connectivity index (χ1v) is 14.7. The van der Waals surface area contributed by atoms with Crippen molar-refractivity contribution in [2.24, 2.45) is 0 Å². The van der Waals surface area contributed by atoms with Gasteiger partial charge in [-0.25, -0.2) is 8.78 Å². The third-order valence-electron chi connectivity index (χ3n) is 7.58. The van der Waals surface area contributed by atoms with Crippen LogP contribution >= 0.6 is 0 Å². The maximum Gasteiger partial charge on any atom is 0.133 e. The Labute approximate surface area is 243 Å². The van der Waals surface area contributed by atoms with Gasteiger partial charge in [-0.15, -0.1) is 0 Å². The average molecular weight is 558 g/mol. The zero-order valence-corrected chi connectivity index (χ0v) is 24.5. The van der Waals surface area contributed by atoms with Crippen molar-refractivity contribution in [3.05, 3.63) is 102 Å². The highest BCUT2D eigenvalue weighted by molar-refractivity contribution is 6.03. The number of hydrogen-bond acceptors (Lipinski definition) is 3. The van der Waals surface area contributed by atoms with Gasteiger partial charge in [0.1, 0.15) is 29.7 Å². The van der Waals surface area contributed by atoms with Crippen LogP contribution in [-0.2, 0) is 0 Å². The SMILES string of the molecule is C=C(c1ccc(OCCN2CCCCC2)cc1)c1c(-c2ccc(F)cc2F)ccc2cc(OC)ccc12.CCCC. The van der Waals surface area contributed by atoms with Crippen molar-refractivity contribution < 1.29 is 18.3 Å². The summed E-state index contributed by atoms with van der Waals surface area (Å²) in [5, 5.41) is 1.85. The standard InChI is InChI=1S/C32H31F2NO2.C4H10/c1-22(23-6-10-26(11-7-23)37-19-18-35-16-4-3-5-17-35)32-28-15-12-27(36-2)20-24(28)8-13-30(32)29-14-9-25(33)21-31(29)34;1-3-4-2/h6-15,20-21H,1,3-5,16-19H2,2H3;3-4H2,1-2H3. The van der Waals surface area contributed by atoms with Crippen LogP contribution in [0.15, 0.2) is 79.4 Å². The van der Waals surface area contributed by atoms with Crippen LogP contribution in [0.1, 0.15) is 57.1 Å². The normalized spacial score (nSPS) is 13.4. The lowest BCUT2D eigenvalue weighted by Gasteiger charge is -2.26. The van der Waals surface area contributed by atoms with Crippen LogP contribution in [0.2, 0.25) is 0 Å². The Balaban J connectivity index is 0.000000909. The zero-order valence-electron chi connectivity index (χ0n) is 24.5. The summed E-state index contributed by atoms with van der Waals surface area (Å²) in [5.74, 6) is 0.319. The van der Waals surface area contributed by atoms with Gasteiger partial charge in [0, 0.05) is 18.2 Å². The number of benzene rings is 4. The van der Waals surface area contributed by atoms with E-state index in [1.807, 2.05) is 54.6 Å². The van der Waals surface area contributed by atoms with E-state index < -0.39 is 11.6 Å². The molecular formula is C36H41F2NO2. The molecule has 0 N–H and O–H groups in total. The van der Waals surface area contributed by atoms with Gasteiger partial charge in [-0.1, -0.05) is 70.0 Å². The van der Waals surface area contributed by atoms with Crippen molar-refractivity contribution in [3.63, 3.8) is 0 Å².